The summed E-state index contributed by atoms with van der Waals surface area (Å²) in [6, 6.07) is 12.5. The quantitative estimate of drug-likeness (QED) is 0.522. The second-order valence-corrected chi connectivity index (χ2v) is 9.38. The van der Waals surface area contributed by atoms with Gasteiger partial charge in [-0.25, -0.2) is 4.79 Å². The summed E-state index contributed by atoms with van der Waals surface area (Å²) < 4.78 is 17.1. The van der Waals surface area contributed by atoms with E-state index in [4.69, 9.17) is 14.2 Å². The van der Waals surface area contributed by atoms with Crippen molar-refractivity contribution < 1.29 is 19.0 Å². The van der Waals surface area contributed by atoms with E-state index in [9.17, 15) is 4.79 Å². The van der Waals surface area contributed by atoms with Crippen LogP contribution >= 0.6 is 0 Å². The molecule has 2 amide bonds. The Balaban J connectivity index is 1.96. The zero-order chi connectivity index (χ0) is 25.5. The maximum atomic E-state index is 13.6. The molecule has 7 nitrogen and oxygen atoms in total. The molecule has 0 spiro atoms. The predicted octanol–water partition coefficient (Wildman–Crippen LogP) is 4.88. The van der Waals surface area contributed by atoms with E-state index >= 15 is 0 Å². The fraction of sp³-hybridized carbons (Fsp3) is 0.536. The Hall–Kier alpha value is -2.93. The summed E-state index contributed by atoms with van der Waals surface area (Å²) in [4.78, 5) is 17.9. The lowest BCUT2D eigenvalue weighted by Crippen LogP contribution is -2.49. The number of urea groups is 1. The molecule has 1 unspecified atom stereocenters. The van der Waals surface area contributed by atoms with Gasteiger partial charge in [0.2, 0.25) is 0 Å². The highest BCUT2D eigenvalue weighted by Gasteiger charge is 2.35. The number of fused-ring (bicyclic) bond motifs is 1. The highest BCUT2D eigenvalue weighted by Crippen LogP contribution is 2.43. The highest BCUT2D eigenvalue weighted by molar-refractivity contribution is 5.76. The number of carbonyl (C=O) groups excluding carboxylic acids is 1. The Labute approximate surface area is 210 Å². The standard InChI is InChI=1S/C28H41N3O4/c1-8-35-24-12-10-9-11-22(24)27-23-18-26(34-7)25(33-6)17-21(23)13-15-31(27)28(32)29-14-16-30(19(2)3)20(4)5/h9-12,17-20,27H,8,13-16H2,1-7H3,(H,29,32). The topological polar surface area (TPSA) is 63.3 Å². The van der Waals surface area contributed by atoms with Crippen molar-refractivity contribution in [2.24, 2.45) is 0 Å². The fourth-order valence-electron chi connectivity index (χ4n) is 5.00. The summed E-state index contributed by atoms with van der Waals surface area (Å²) in [5, 5.41) is 3.17. The van der Waals surface area contributed by atoms with E-state index in [1.54, 1.807) is 14.2 Å². The van der Waals surface area contributed by atoms with Gasteiger partial charge in [0, 0.05) is 37.3 Å². The summed E-state index contributed by atoms with van der Waals surface area (Å²) in [7, 11) is 3.28. The minimum absolute atomic E-state index is 0.0748. The molecule has 0 saturated heterocycles. The van der Waals surface area contributed by atoms with Crippen molar-refractivity contribution >= 4 is 6.03 Å². The number of benzene rings is 2. The van der Waals surface area contributed by atoms with Crippen LogP contribution in [0, 0.1) is 0 Å². The van der Waals surface area contributed by atoms with E-state index in [1.165, 1.54) is 0 Å². The van der Waals surface area contributed by atoms with Crippen molar-refractivity contribution in [2.45, 2.75) is 59.2 Å². The number of amides is 2. The largest absolute Gasteiger partial charge is 0.494 e. The highest BCUT2D eigenvalue weighted by atomic mass is 16.5. The van der Waals surface area contributed by atoms with Crippen LogP contribution in [0.2, 0.25) is 0 Å². The van der Waals surface area contributed by atoms with Crippen LogP contribution in [0.3, 0.4) is 0 Å². The van der Waals surface area contributed by atoms with Crippen molar-refractivity contribution in [1.29, 1.82) is 0 Å². The van der Waals surface area contributed by atoms with Crippen LogP contribution in [0.4, 0.5) is 4.79 Å². The Morgan fingerprint density at radius 1 is 1.03 bits per heavy atom. The van der Waals surface area contributed by atoms with Crippen molar-refractivity contribution in [2.75, 3.05) is 40.5 Å². The first kappa shape index (κ1) is 26.7. The molecule has 0 saturated carbocycles. The van der Waals surface area contributed by atoms with Gasteiger partial charge in [0.05, 0.1) is 26.9 Å². The molecule has 0 fully saturated rings. The number of nitrogens with zero attached hydrogens (tertiary/aromatic N) is 2. The van der Waals surface area contributed by atoms with E-state index in [-0.39, 0.29) is 12.1 Å². The van der Waals surface area contributed by atoms with Gasteiger partial charge in [-0.15, -0.1) is 0 Å². The molecule has 0 aromatic heterocycles. The van der Waals surface area contributed by atoms with Crippen LogP contribution in [0.25, 0.3) is 0 Å². The predicted molar refractivity (Wildman–Crippen MR) is 140 cm³/mol. The maximum Gasteiger partial charge on any atom is 0.318 e. The molecule has 0 radical (unpaired) electrons. The molecular weight excluding hydrogens is 442 g/mol. The fourth-order valence-corrected chi connectivity index (χ4v) is 5.00. The number of nitrogens with one attached hydrogen (secondary N) is 1. The number of rotatable bonds is 10. The summed E-state index contributed by atoms with van der Waals surface area (Å²) in [6.07, 6.45) is 0.737. The second-order valence-electron chi connectivity index (χ2n) is 9.38. The normalized spacial score (nSPS) is 15.4. The van der Waals surface area contributed by atoms with Crippen molar-refractivity contribution in [3.8, 4) is 17.2 Å². The number of hydrogen-bond acceptors (Lipinski definition) is 5. The molecule has 35 heavy (non-hydrogen) atoms. The van der Waals surface area contributed by atoms with Crippen LogP contribution in [0.1, 0.15) is 57.4 Å². The van der Waals surface area contributed by atoms with E-state index < -0.39 is 0 Å². The Morgan fingerprint density at radius 3 is 2.31 bits per heavy atom. The maximum absolute atomic E-state index is 13.6. The molecule has 192 valence electrons. The lowest BCUT2D eigenvalue weighted by Gasteiger charge is -2.39. The van der Waals surface area contributed by atoms with Gasteiger partial charge in [0.25, 0.3) is 0 Å². The first-order chi connectivity index (χ1) is 16.8. The minimum Gasteiger partial charge on any atom is -0.494 e. The van der Waals surface area contributed by atoms with Crippen molar-refractivity contribution in [3.63, 3.8) is 0 Å². The molecule has 1 atom stereocenters. The average molecular weight is 484 g/mol. The SMILES string of the molecule is CCOc1ccccc1C1c2cc(OC)c(OC)cc2CCN1C(=O)NCCN(C(C)C)C(C)C. The molecule has 1 heterocycles. The Morgan fingerprint density at radius 2 is 1.69 bits per heavy atom. The zero-order valence-electron chi connectivity index (χ0n) is 22.3. The molecule has 0 aliphatic carbocycles. The van der Waals surface area contributed by atoms with Crippen LogP contribution in [-0.4, -0.2) is 68.4 Å². The third-order valence-corrected chi connectivity index (χ3v) is 6.62. The summed E-state index contributed by atoms with van der Waals surface area (Å²) >= 11 is 0. The summed E-state index contributed by atoms with van der Waals surface area (Å²) in [5.74, 6) is 2.13. The molecule has 7 heteroatoms. The third-order valence-electron chi connectivity index (χ3n) is 6.62. The lowest BCUT2D eigenvalue weighted by atomic mass is 9.87. The lowest BCUT2D eigenvalue weighted by molar-refractivity contribution is 0.161. The molecule has 1 aliphatic heterocycles. The molecule has 1 N–H and O–H groups in total. The summed E-state index contributed by atoms with van der Waals surface area (Å²) in [5.41, 5.74) is 3.14. The number of methoxy groups -OCH3 is 2. The van der Waals surface area contributed by atoms with E-state index in [0.29, 0.717) is 43.3 Å². The zero-order valence-corrected chi connectivity index (χ0v) is 22.3. The average Bonchev–Trinajstić information content (AvgIpc) is 2.85. The molecule has 1 aliphatic rings. The van der Waals surface area contributed by atoms with Crippen molar-refractivity contribution in [1.82, 2.24) is 15.1 Å². The van der Waals surface area contributed by atoms with Gasteiger partial charge >= 0.3 is 6.03 Å². The molecule has 0 bridgehead atoms. The first-order valence-corrected chi connectivity index (χ1v) is 12.6. The van der Waals surface area contributed by atoms with Gasteiger partial charge in [-0.1, -0.05) is 18.2 Å². The first-order valence-electron chi connectivity index (χ1n) is 12.6. The van der Waals surface area contributed by atoms with Gasteiger partial charge in [-0.2, -0.15) is 0 Å². The number of carbonyl (C=O) groups is 1. The Bertz CT molecular complexity index is 984. The summed E-state index contributed by atoms with van der Waals surface area (Å²) in [6.45, 7) is 13.3. The number of para-hydroxylation sites is 1. The van der Waals surface area contributed by atoms with Crippen molar-refractivity contribution in [3.05, 3.63) is 53.1 Å². The van der Waals surface area contributed by atoms with Gasteiger partial charge in [0.1, 0.15) is 5.75 Å². The number of ether oxygens (including phenoxy) is 3. The molecule has 3 rings (SSSR count). The van der Waals surface area contributed by atoms with E-state index in [2.05, 4.69) is 37.9 Å². The van der Waals surface area contributed by atoms with Crippen LogP contribution in [0.5, 0.6) is 17.2 Å². The molecule has 2 aromatic rings. The third kappa shape index (κ3) is 6.01. The van der Waals surface area contributed by atoms with Gasteiger partial charge in [-0.3, -0.25) is 4.90 Å². The van der Waals surface area contributed by atoms with Gasteiger partial charge in [0.15, 0.2) is 11.5 Å². The molecular formula is C28H41N3O4. The van der Waals surface area contributed by atoms with E-state index in [0.717, 1.165) is 35.4 Å². The molecule has 2 aromatic carbocycles. The minimum atomic E-state index is -0.299. The van der Waals surface area contributed by atoms with Crippen LogP contribution in [-0.2, 0) is 6.42 Å². The monoisotopic (exact) mass is 483 g/mol. The van der Waals surface area contributed by atoms with E-state index in [1.807, 2.05) is 48.2 Å². The van der Waals surface area contributed by atoms with Crippen LogP contribution in [0.15, 0.2) is 36.4 Å². The van der Waals surface area contributed by atoms with Crippen LogP contribution < -0.4 is 19.5 Å². The van der Waals surface area contributed by atoms with Gasteiger partial charge < -0.3 is 24.4 Å². The number of hydrogen-bond donors (Lipinski definition) is 1. The Kier molecular flexibility index (Phi) is 9.26. The smallest absolute Gasteiger partial charge is 0.318 e. The second kappa shape index (κ2) is 12.2. The van der Waals surface area contributed by atoms with Gasteiger partial charge in [-0.05, 0) is 70.4 Å².